The summed E-state index contributed by atoms with van der Waals surface area (Å²) < 4.78 is 5.76. The van der Waals surface area contributed by atoms with E-state index in [1.807, 2.05) is 13.0 Å². The SMILES string of the molecule is Cc1ccc(NCCOC2CCNCC2)c([N+](=O)[O-])c1. The van der Waals surface area contributed by atoms with E-state index in [2.05, 4.69) is 10.6 Å². The lowest BCUT2D eigenvalue weighted by Gasteiger charge is -2.23. The number of aryl methyl sites for hydroxylation is 1. The molecule has 1 heterocycles. The van der Waals surface area contributed by atoms with E-state index >= 15 is 0 Å². The van der Waals surface area contributed by atoms with Gasteiger partial charge in [0.1, 0.15) is 5.69 Å². The Kier molecular flexibility index (Phi) is 5.31. The molecule has 6 nitrogen and oxygen atoms in total. The second-order valence-electron chi connectivity index (χ2n) is 5.02. The van der Waals surface area contributed by atoms with Crippen molar-refractivity contribution in [2.24, 2.45) is 0 Å². The predicted octanol–water partition coefficient (Wildman–Crippen LogP) is 2.08. The molecule has 6 heteroatoms. The number of rotatable bonds is 6. The van der Waals surface area contributed by atoms with Crippen LogP contribution in [0.2, 0.25) is 0 Å². The molecule has 1 aliphatic heterocycles. The summed E-state index contributed by atoms with van der Waals surface area (Å²) in [7, 11) is 0. The normalized spacial score (nSPS) is 16.1. The fourth-order valence-electron chi connectivity index (χ4n) is 2.32. The average molecular weight is 279 g/mol. The van der Waals surface area contributed by atoms with Crippen molar-refractivity contribution >= 4 is 11.4 Å². The van der Waals surface area contributed by atoms with E-state index in [9.17, 15) is 10.1 Å². The molecule has 1 aromatic carbocycles. The minimum Gasteiger partial charge on any atom is -0.377 e. The smallest absolute Gasteiger partial charge is 0.292 e. The molecule has 1 fully saturated rings. The Balaban J connectivity index is 1.80. The van der Waals surface area contributed by atoms with Crippen molar-refractivity contribution in [1.82, 2.24) is 5.32 Å². The minimum atomic E-state index is -0.358. The first-order valence-electron chi connectivity index (χ1n) is 6.98. The molecule has 0 spiro atoms. The van der Waals surface area contributed by atoms with Crippen LogP contribution in [-0.4, -0.2) is 37.3 Å². The third kappa shape index (κ3) is 4.18. The molecule has 0 radical (unpaired) electrons. The summed E-state index contributed by atoms with van der Waals surface area (Å²) in [4.78, 5) is 10.6. The highest BCUT2D eigenvalue weighted by Crippen LogP contribution is 2.24. The van der Waals surface area contributed by atoms with Crippen molar-refractivity contribution in [2.75, 3.05) is 31.6 Å². The lowest BCUT2D eigenvalue weighted by molar-refractivity contribution is -0.384. The maximum Gasteiger partial charge on any atom is 0.292 e. The molecule has 0 amide bonds. The van der Waals surface area contributed by atoms with Crippen molar-refractivity contribution in [3.63, 3.8) is 0 Å². The van der Waals surface area contributed by atoms with E-state index in [4.69, 9.17) is 4.74 Å². The first-order valence-corrected chi connectivity index (χ1v) is 6.98. The van der Waals surface area contributed by atoms with Gasteiger partial charge in [0.25, 0.3) is 5.69 Å². The largest absolute Gasteiger partial charge is 0.377 e. The molecular formula is C14H21N3O3. The van der Waals surface area contributed by atoms with Gasteiger partial charge in [-0.25, -0.2) is 0 Å². The molecule has 0 unspecified atom stereocenters. The number of ether oxygens (including phenoxy) is 1. The number of hydrogen-bond donors (Lipinski definition) is 2. The van der Waals surface area contributed by atoms with Crippen LogP contribution in [0.3, 0.4) is 0 Å². The number of nitro benzene ring substituents is 1. The van der Waals surface area contributed by atoms with Gasteiger partial charge in [-0.05, 0) is 44.5 Å². The van der Waals surface area contributed by atoms with Gasteiger partial charge in [0.2, 0.25) is 0 Å². The topological polar surface area (TPSA) is 76.4 Å². The second kappa shape index (κ2) is 7.21. The molecule has 0 aromatic heterocycles. The minimum absolute atomic E-state index is 0.117. The van der Waals surface area contributed by atoms with Crippen molar-refractivity contribution in [1.29, 1.82) is 0 Å². The third-order valence-corrected chi connectivity index (χ3v) is 3.41. The summed E-state index contributed by atoms with van der Waals surface area (Å²) in [5.41, 5.74) is 1.55. The Bertz CT molecular complexity index is 459. The first-order chi connectivity index (χ1) is 9.66. The van der Waals surface area contributed by atoms with E-state index in [1.54, 1.807) is 12.1 Å². The lowest BCUT2D eigenvalue weighted by Crippen LogP contribution is -2.33. The number of nitrogens with zero attached hydrogens (tertiary/aromatic N) is 1. The zero-order valence-electron chi connectivity index (χ0n) is 11.7. The maximum atomic E-state index is 11.0. The Labute approximate surface area is 118 Å². The summed E-state index contributed by atoms with van der Waals surface area (Å²) in [6.07, 6.45) is 2.38. The van der Waals surface area contributed by atoms with E-state index in [1.165, 1.54) is 0 Å². The van der Waals surface area contributed by atoms with Crippen LogP contribution in [0.15, 0.2) is 18.2 Å². The summed E-state index contributed by atoms with van der Waals surface area (Å²) in [6, 6.07) is 5.19. The molecule has 2 N–H and O–H groups in total. The van der Waals surface area contributed by atoms with Gasteiger partial charge in [-0.1, -0.05) is 6.07 Å². The second-order valence-corrected chi connectivity index (χ2v) is 5.02. The third-order valence-electron chi connectivity index (χ3n) is 3.41. The highest BCUT2D eigenvalue weighted by Gasteiger charge is 2.14. The number of hydrogen-bond acceptors (Lipinski definition) is 5. The number of nitro groups is 1. The number of nitrogens with one attached hydrogen (secondary N) is 2. The van der Waals surface area contributed by atoms with E-state index in [0.717, 1.165) is 31.5 Å². The van der Waals surface area contributed by atoms with Gasteiger partial charge >= 0.3 is 0 Å². The van der Waals surface area contributed by atoms with Crippen LogP contribution >= 0.6 is 0 Å². The zero-order valence-corrected chi connectivity index (χ0v) is 11.7. The van der Waals surface area contributed by atoms with E-state index in [0.29, 0.717) is 24.9 Å². The molecule has 110 valence electrons. The molecule has 0 atom stereocenters. The summed E-state index contributed by atoms with van der Waals surface area (Å²) in [6.45, 7) is 4.99. The Hall–Kier alpha value is -1.66. The fourth-order valence-corrected chi connectivity index (χ4v) is 2.32. The van der Waals surface area contributed by atoms with Crippen molar-refractivity contribution in [2.45, 2.75) is 25.9 Å². The van der Waals surface area contributed by atoms with Crippen LogP contribution in [-0.2, 0) is 4.74 Å². The van der Waals surface area contributed by atoms with Gasteiger partial charge in [0.05, 0.1) is 17.6 Å². The molecule has 0 bridgehead atoms. The Morgan fingerprint density at radius 3 is 2.90 bits per heavy atom. The maximum absolute atomic E-state index is 11.0. The van der Waals surface area contributed by atoms with Gasteiger partial charge in [0, 0.05) is 12.6 Å². The Morgan fingerprint density at radius 1 is 1.45 bits per heavy atom. The molecule has 2 rings (SSSR count). The molecule has 0 saturated carbocycles. The number of benzene rings is 1. The number of anilines is 1. The average Bonchev–Trinajstić information content (AvgIpc) is 2.45. The van der Waals surface area contributed by atoms with Crippen LogP contribution in [0.1, 0.15) is 18.4 Å². The molecular weight excluding hydrogens is 258 g/mol. The van der Waals surface area contributed by atoms with Crippen LogP contribution in [0.5, 0.6) is 0 Å². The van der Waals surface area contributed by atoms with Crippen LogP contribution in [0.4, 0.5) is 11.4 Å². The van der Waals surface area contributed by atoms with Crippen LogP contribution in [0, 0.1) is 17.0 Å². The van der Waals surface area contributed by atoms with Gasteiger partial charge in [-0.3, -0.25) is 10.1 Å². The van der Waals surface area contributed by atoms with Gasteiger partial charge in [0.15, 0.2) is 0 Å². The van der Waals surface area contributed by atoms with E-state index in [-0.39, 0.29) is 10.6 Å². The van der Waals surface area contributed by atoms with Crippen LogP contribution < -0.4 is 10.6 Å². The zero-order chi connectivity index (χ0) is 14.4. The number of piperidine rings is 1. The predicted molar refractivity (Wildman–Crippen MR) is 78.2 cm³/mol. The van der Waals surface area contributed by atoms with Crippen molar-refractivity contribution in [3.05, 3.63) is 33.9 Å². The molecule has 20 heavy (non-hydrogen) atoms. The monoisotopic (exact) mass is 279 g/mol. The Morgan fingerprint density at radius 2 is 2.20 bits per heavy atom. The highest BCUT2D eigenvalue weighted by atomic mass is 16.6. The highest BCUT2D eigenvalue weighted by molar-refractivity contribution is 5.62. The van der Waals surface area contributed by atoms with Crippen LogP contribution in [0.25, 0.3) is 0 Å². The standard InChI is InChI=1S/C14H21N3O3/c1-11-2-3-13(14(10-11)17(18)19)16-8-9-20-12-4-6-15-7-5-12/h2-3,10,12,15-16H,4-9H2,1H3. The van der Waals surface area contributed by atoms with Crippen molar-refractivity contribution in [3.8, 4) is 0 Å². The quantitative estimate of drug-likeness (QED) is 0.473. The summed E-state index contributed by atoms with van der Waals surface area (Å²) in [5.74, 6) is 0. The molecule has 0 aliphatic carbocycles. The molecule has 1 saturated heterocycles. The van der Waals surface area contributed by atoms with Gasteiger partial charge in [-0.15, -0.1) is 0 Å². The summed E-state index contributed by atoms with van der Waals surface area (Å²) >= 11 is 0. The van der Waals surface area contributed by atoms with E-state index < -0.39 is 0 Å². The summed E-state index contributed by atoms with van der Waals surface area (Å²) in [5, 5.41) is 17.3. The van der Waals surface area contributed by atoms with Gasteiger partial charge < -0.3 is 15.4 Å². The molecule has 1 aromatic rings. The van der Waals surface area contributed by atoms with Gasteiger partial charge in [-0.2, -0.15) is 0 Å². The fraction of sp³-hybridized carbons (Fsp3) is 0.571. The lowest BCUT2D eigenvalue weighted by atomic mass is 10.1. The molecule has 1 aliphatic rings. The van der Waals surface area contributed by atoms with Crippen molar-refractivity contribution < 1.29 is 9.66 Å². The first kappa shape index (κ1) is 14.7.